The molecule has 1 unspecified atom stereocenters. The molecule has 0 spiro atoms. The zero-order valence-electron chi connectivity index (χ0n) is 20.4. The highest BCUT2D eigenvalue weighted by molar-refractivity contribution is 5.90. The molecule has 39 heavy (non-hydrogen) atoms. The summed E-state index contributed by atoms with van der Waals surface area (Å²) >= 11 is 0. The van der Waals surface area contributed by atoms with Crippen LogP contribution in [0.1, 0.15) is 46.6 Å². The molecule has 0 amide bonds. The van der Waals surface area contributed by atoms with Crippen molar-refractivity contribution in [1.29, 1.82) is 0 Å². The van der Waals surface area contributed by atoms with E-state index in [1.54, 1.807) is 0 Å². The molecular formula is C27H20O12. The van der Waals surface area contributed by atoms with E-state index in [1.165, 1.54) is 19.1 Å². The second-order valence-electron chi connectivity index (χ2n) is 10.0. The molecule has 0 radical (unpaired) electrons. The van der Waals surface area contributed by atoms with Crippen molar-refractivity contribution in [2.24, 2.45) is 0 Å². The van der Waals surface area contributed by atoms with Gasteiger partial charge in [-0.05, 0) is 36.8 Å². The molecule has 0 fully saturated rings. The number of hydrogen-bond donors (Lipinski definition) is 5. The predicted molar refractivity (Wildman–Crippen MR) is 132 cm³/mol. The van der Waals surface area contributed by atoms with Gasteiger partial charge in [0.2, 0.25) is 5.43 Å². The summed E-state index contributed by atoms with van der Waals surface area (Å²) < 4.78 is 9.89. The minimum Gasteiger partial charge on any atom is -0.507 e. The molecule has 2 aromatic rings. The summed E-state index contributed by atoms with van der Waals surface area (Å²) in [6.45, 7) is 1.51. The molecule has 1 aromatic carbocycles. The average molecular weight is 536 g/mol. The fourth-order valence-corrected chi connectivity index (χ4v) is 6.31. The van der Waals surface area contributed by atoms with Crippen molar-refractivity contribution in [3.8, 4) is 11.5 Å². The first-order valence-electron chi connectivity index (χ1n) is 11.8. The molecule has 0 bridgehead atoms. The van der Waals surface area contributed by atoms with Crippen molar-refractivity contribution in [1.82, 2.24) is 0 Å². The molecule has 200 valence electrons. The third-order valence-corrected chi connectivity index (χ3v) is 8.10. The number of phenols is 1. The molecule has 6 rings (SSSR count). The Kier molecular flexibility index (Phi) is 4.93. The second kappa shape index (κ2) is 7.67. The highest BCUT2D eigenvalue weighted by atomic mass is 16.5. The van der Waals surface area contributed by atoms with Crippen molar-refractivity contribution < 1.29 is 34.7 Å². The van der Waals surface area contributed by atoms with E-state index in [0.29, 0.717) is 6.07 Å². The summed E-state index contributed by atoms with van der Waals surface area (Å²) in [4.78, 5) is 65.3. The van der Waals surface area contributed by atoms with Crippen LogP contribution in [0.4, 0.5) is 0 Å². The first kappa shape index (κ1) is 25.1. The maximum atomic E-state index is 13.6. The van der Waals surface area contributed by atoms with Gasteiger partial charge in [0.05, 0.1) is 17.5 Å². The van der Waals surface area contributed by atoms with Crippen LogP contribution in [0.5, 0.6) is 11.5 Å². The maximum absolute atomic E-state index is 13.6. The van der Waals surface area contributed by atoms with Gasteiger partial charge in [-0.15, -0.1) is 0 Å². The van der Waals surface area contributed by atoms with E-state index in [-0.39, 0.29) is 23.1 Å². The van der Waals surface area contributed by atoms with Gasteiger partial charge >= 0.3 is 5.63 Å². The van der Waals surface area contributed by atoms with Crippen LogP contribution in [0.3, 0.4) is 0 Å². The Bertz CT molecular complexity index is 2110. The zero-order chi connectivity index (χ0) is 28.3. The summed E-state index contributed by atoms with van der Waals surface area (Å²) in [6, 6.07) is 3.60. The van der Waals surface area contributed by atoms with Gasteiger partial charge in [-0.2, -0.15) is 0 Å². The van der Waals surface area contributed by atoms with Gasteiger partial charge in [0.25, 0.3) is 0 Å². The van der Waals surface area contributed by atoms with Crippen LogP contribution in [-0.2, 0) is 12.0 Å². The Hall–Kier alpha value is -4.23. The topological polar surface area (TPSA) is 209 Å². The third kappa shape index (κ3) is 2.78. The summed E-state index contributed by atoms with van der Waals surface area (Å²) in [6.07, 6.45) is -5.41. The molecule has 12 heteroatoms. The zero-order valence-corrected chi connectivity index (χ0v) is 20.4. The predicted octanol–water partition coefficient (Wildman–Crippen LogP) is -1.50. The van der Waals surface area contributed by atoms with Crippen molar-refractivity contribution >= 4 is 10.8 Å². The Morgan fingerprint density at radius 3 is 2.23 bits per heavy atom. The molecule has 4 atom stereocenters. The summed E-state index contributed by atoms with van der Waals surface area (Å²) in [5.74, 6) is -1.18. The van der Waals surface area contributed by atoms with E-state index in [1.807, 2.05) is 0 Å². The van der Waals surface area contributed by atoms with E-state index in [0.717, 1.165) is 7.11 Å². The van der Waals surface area contributed by atoms with Crippen LogP contribution in [0, 0.1) is 17.4 Å². The highest BCUT2D eigenvalue weighted by Crippen LogP contribution is 2.60. The van der Waals surface area contributed by atoms with Crippen molar-refractivity contribution in [2.45, 2.75) is 43.2 Å². The van der Waals surface area contributed by atoms with Crippen LogP contribution in [0.2, 0.25) is 0 Å². The quantitative estimate of drug-likeness (QED) is 0.188. The lowest BCUT2D eigenvalue weighted by Gasteiger charge is -2.55. The van der Waals surface area contributed by atoms with Gasteiger partial charge < -0.3 is 34.7 Å². The lowest BCUT2D eigenvalue weighted by atomic mass is 9.57. The number of aryl methyl sites for hydroxylation is 2. The van der Waals surface area contributed by atoms with Gasteiger partial charge in [0.15, 0.2) is 27.6 Å². The highest BCUT2D eigenvalue weighted by Gasteiger charge is 2.67. The molecule has 1 heterocycles. The summed E-state index contributed by atoms with van der Waals surface area (Å²) in [5.41, 5.74) is -13.8. The number of aliphatic hydroxyl groups excluding tert-OH is 2. The molecule has 12 nitrogen and oxygen atoms in total. The van der Waals surface area contributed by atoms with Gasteiger partial charge in [0.1, 0.15) is 34.7 Å². The lowest BCUT2D eigenvalue weighted by molar-refractivity contribution is -0.268. The number of aromatic hydroxyl groups is 1. The minimum atomic E-state index is -3.05. The van der Waals surface area contributed by atoms with Gasteiger partial charge in [0, 0.05) is 22.8 Å². The first-order valence-corrected chi connectivity index (χ1v) is 11.8. The first-order chi connectivity index (χ1) is 18.3. The fourth-order valence-electron chi connectivity index (χ4n) is 6.31. The van der Waals surface area contributed by atoms with E-state index >= 15 is 0 Å². The standard InChI is InChI=1S/C27H20O12/c1-8-5-10-6-9-3-4-26(36)23(33)16-17(24(34)27(26,37)18(9)22(32)13(10)25(35)39-8)21(31)15-14(20(16)30)11(28)7-12(38-2)19(15)29/h5-7,23-24,32-34,36-37H,3-4H2,1-2H3/t23?,24-,26+,27-/m1/s1. The monoisotopic (exact) mass is 536 g/mol. The fraction of sp³-hybridized carbons (Fsp3) is 0.296. The number of methoxy groups -OCH3 is 1. The number of hydrogen-bond acceptors (Lipinski definition) is 12. The molecule has 4 aliphatic rings. The third-order valence-electron chi connectivity index (χ3n) is 8.10. The largest absolute Gasteiger partial charge is 0.507 e. The van der Waals surface area contributed by atoms with E-state index in [9.17, 15) is 49.5 Å². The number of aliphatic hydroxyl groups is 4. The van der Waals surface area contributed by atoms with E-state index < -0.39 is 101 Å². The molecule has 1 aromatic heterocycles. The Morgan fingerprint density at radius 1 is 0.923 bits per heavy atom. The Labute approximate surface area is 215 Å². The molecule has 0 saturated carbocycles. The van der Waals surface area contributed by atoms with Crippen molar-refractivity contribution in [3.05, 3.63) is 108 Å². The molecule has 0 aliphatic heterocycles. The summed E-state index contributed by atoms with van der Waals surface area (Å²) in [5, 5.41) is 55.9. The minimum absolute atomic E-state index is 0.100. The molecule has 5 N–H and O–H groups in total. The van der Waals surface area contributed by atoms with Crippen molar-refractivity contribution in [3.63, 3.8) is 0 Å². The average Bonchev–Trinajstić information content (AvgIpc) is 2.87. The second-order valence-corrected chi connectivity index (χ2v) is 10.0. The van der Waals surface area contributed by atoms with Gasteiger partial charge in [-0.1, -0.05) is 6.07 Å². The van der Waals surface area contributed by atoms with Gasteiger partial charge in [-0.25, -0.2) is 4.79 Å². The number of fused-ring (bicyclic) bond motifs is 5. The van der Waals surface area contributed by atoms with E-state index in [4.69, 9.17) is 9.15 Å². The Balaban J connectivity index is 1.80. The van der Waals surface area contributed by atoms with Crippen molar-refractivity contribution in [2.75, 3.05) is 7.11 Å². The number of phenolic OH excluding ortho intramolecular Hbond substituents is 1. The smallest absolute Gasteiger partial charge is 0.347 e. The van der Waals surface area contributed by atoms with Crippen LogP contribution in [-0.4, -0.2) is 38.2 Å². The summed E-state index contributed by atoms with van der Waals surface area (Å²) in [7, 11) is 1.06. The van der Waals surface area contributed by atoms with Crippen LogP contribution in [0.15, 0.2) is 46.6 Å². The van der Waals surface area contributed by atoms with Crippen LogP contribution >= 0.6 is 0 Å². The van der Waals surface area contributed by atoms with Crippen LogP contribution < -0.4 is 32.1 Å². The number of benzene rings is 1. The van der Waals surface area contributed by atoms with Crippen LogP contribution in [0.25, 0.3) is 10.8 Å². The maximum Gasteiger partial charge on any atom is 0.347 e. The van der Waals surface area contributed by atoms with Gasteiger partial charge in [-0.3, -0.25) is 19.2 Å². The lowest BCUT2D eigenvalue weighted by Crippen LogP contribution is -2.65. The molecule has 0 saturated heterocycles. The SMILES string of the molecule is COc1cc(=O)c2c(=O)c3c(c(=O)c=2c1=O)[C@@H](O)[C@]1(O)c2c(cc4cc(C)oc(=O)c4c2O)CC[C@]1(O)C3O. The molecular weight excluding hydrogens is 516 g/mol. The number of ether oxygens (including phenoxy) is 1. The normalized spacial score (nSPS) is 25.8. The number of rotatable bonds is 1. The molecule has 4 aliphatic carbocycles. The Morgan fingerprint density at radius 2 is 1.56 bits per heavy atom. The van der Waals surface area contributed by atoms with E-state index in [2.05, 4.69) is 0 Å².